The summed E-state index contributed by atoms with van der Waals surface area (Å²) in [6.07, 6.45) is 0. The summed E-state index contributed by atoms with van der Waals surface area (Å²) in [5.41, 5.74) is 7.51. The van der Waals surface area contributed by atoms with Gasteiger partial charge in [0.05, 0.1) is 7.11 Å². The van der Waals surface area contributed by atoms with Gasteiger partial charge in [-0.2, -0.15) is 5.10 Å². The first-order chi connectivity index (χ1) is 8.28. The van der Waals surface area contributed by atoms with E-state index in [0.717, 1.165) is 0 Å². The first kappa shape index (κ1) is 9.71. The van der Waals surface area contributed by atoms with Crippen LogP contribution in [0.15, 0.2) is 28.7 Å². The minimum atomic E-state index is 0.397. The molecule has 0 spiro atoms. The molecule has 0 bridgehead atoms. The van der Waals surface area contributed by atoms with Gasteiger partial charge < -0.3 is 14.9 Å². The van der Waals surface area contributed by atoms with E-state index in [0.29, 0.717) is 34.3 Å². The third-order valence-electron chi connectivity index (χ3n) is 2.43. The van der Waals surface area contributed by atoms with Crippen molar-refractivity contribution >= 4 is 16.9 Å². The number of hydrogen-bond acceptors (Lipinski definition) is 5. The fraction of sp³-hybridized carbons (Fsp3) is 0.0909. The van der Waals surface area contributed by atoms with E-state index in [9.17, 15) is 0 Å². The van der Waals surface area contributed by atoms with Gasteiger partial charge in [0.25, 0.3) is 0 Å². The summed E-state index contributed by atoms with van der Waals surface area (Å²) in [6.45, 7) is 0. The molecular formula is C11H10N4O2. The van der Waals surface area contributed by atoms with E-state index in [-0.39, 0.29) is 0 Å². The van der Waals surface area contributed by atoms with Crippen LogP contribution in [-0.2, 0) is 0 Å². The maximum atomic E-state index is 5.59. The Labute approximate surface area is 96.4 Å². The molecule has 0 radical (unpaired) electrons. The molecule has 3 rings (SSSR count). The normalized spacial score (nSPS) is 10.9. The molecule has 0 aliphatic carbocycles. The highest BCUT2D eigenvalue weighted by Gasteiger charge is 2.13. The number of benzene rings is 1. The molecule has 6 heteroatoms. The lowest BCUT2D eigenvalue weighted by molar-refractivity contribution is 0.419. The summed E-state index contributed by atoms with van der Waals surface area (Å²) in [6, 6.07) is 7.17. The van der Waals surface area contributed by atoms with Crippen LogP contribution in [0, 0.1) is 0 Å². The Hall–Kier alpha value is -2.50. The molecule has 3 aromatic rings. The number of H-pyrrole nitrogens is 1. The van der Waals surface area contributed by atoms with Crippen LogP contribution in [0.4, 0.5) is 5.82 Å². The number of oxazole rings is 1. The quantitative estimate of drug-likeness (QED) is 0.700. The maximum absolute atomic E-state index is 5.59. The van der Waals surface area contributed by atoms with Gasteiger partial charge in [0.2, 0.25) is 5.89 Å². The van der Waals surface area contributed by atoms with Crippen molar-refractivity contribution in [1.29, 1.82) is 0 Å². The maximum Gasteiger partial charge on any atom is 0.245 e. The Morgan fingerprint density at radius 1 is 1.41 bits per heavy atom. The number of nitrogens with one attached hydrogen (secondary N) is 1. The Balaban J connectivity index is 2.19. The molecule has 2 heterocycles. The minimum Gasteiger partial charge on any atom is -0.494 e. The second-order valence-corrected chi connectivity index (χ2v) is 3.53. The number of nitrogens with zero attached hydrogens (tertiary/aromatic N) is 2. The standard InChI is InChI=1S/C11H10N4O2/c1-16-7-3-2-4-8-10(7)13-11(17-8)6-5-9(12)15-14-6/h2-5H,1H3,(H3,12,14,15). The zero-order valence-electron chi connectivity index (χ0n) is 9.10. The van der Waals surface area contributed by atoms with Crippen molar-refractivity contribution in [2.75, 3.05) is 12.8 Å². The molecule has 3 N–H and O–H groups in total. The number of anilines is 1. The van der Waals surface area contributed by atoms with Gasteiger partial charge in [0, 0.05) is 6.07 Å². The second-order valence-electron chi connectivity index (χ2n) is 3.53. The second kappa shape index (κ2) is 3.51. The Kier molecular flexibility index (Phi) is 2.01. The number of para-hydroxylation sites is 1. The van der Waals surface area contributed by atoms with Gasteiger partial charge in [0.1, 0.15) is 17.3 Å². The van der Waals surface area contributed by atoms with Crippen LogP contribution in [0.5, 0.6) is 5.75 Å². The molecule has 0 aliphatic rings. The largest absolute Gasteiger partial charge is 0.494 e. The Morgan fingerprint density at radius 2 is 2.29 bits per heavy atom. The number of methoxy groups -OCH3 is 1. The average molecular weight is 230 g/mol. The fourth-order valence-electron chi connectivity index (χ4n) is 1.65. The van der Waals surface area contributed by atoms with Crippen molar-refractivity contribution < 1.29 is 9.15 Å². The number of fused-ring (bicyclic) bond motifs is 1. The summed E-state index contributed by atoms with van der Waals surface area (Å²) >= 11 is 0. The van der Waals surface area contributed by atoms with E-state index in [4.69, 9.17) is 14.9 Å². The summed E-state index contributed by atoms with van der Waals surface area (Å²) in [5.74, 6) is 1.51. The lowest BCUT2D eigenvalue weighted by Crippen LogP contribution is -1.83. The molecule has 2 aromatic heterocycles. The zero-order chi connectivity index (χ0) is 11.8. The van der Waals surface area contributed by atoms with Crippen LogP contribution in [0.3, 0.4) is 0 Å². The third-order valence-corrected chi connectivity index (χ3v) is 2.43. The SMILES string of the molecule is COc1cccc2oc(-c3cc(N)n[nH]3)nc12. The van der Waals surface area contributed by atoms with Gasteiger partial charge in [-0.1, -0.05) is 6.07 Å². The number of nitrogens with two attached hydrogens (primary N) is 1. The molecule has 1 aromatic carbocycles. The predicted molar refractivity (Wildman–Crippen MR) is 62.6 cm³/mol. The van der Waals surface area contributed by atoms with E-state index >= 15 is 0 Å². The summed E-state index contributed by atoms with van der Waals surface area (Å²) in [4.78, 5) is 4.35. The molecule has 0 saturated carbocycles. The molecule has 0 amide bonds. The molecule has 17 heavy (non-hydrogen) atoms. The Morgan fingerprint density at radius 3 is 3.00 bits per heavy atom. The van der Waals surface area contributed by atoms with Gasteiger partial charge in [-0.05, 0) is 12.1 Å². The molecule has 0 fully saturated rings. The molecule has 0 unspecified atom stereocenters. The smallest absolute Gasteiger partial charge is 0.245 e. The van der Waals surface area contributed by atoms with Gasteiger partial charge in [-0.25, -0.2) is 4.98 Å². The molecule has 6 nitrogen and oxygen atoms in total. The fourth-order valence-corrected chi connectivity index (χ4v) is 1.65. The highest BCUT2D eigenvalue weighted by atomic mass is 16.5. The number of ether oxygens (including phenoxy) is 1. The topological polar surface area (TPSA) is 90.0 Å². The van der Waals surface area contributed by atoms with E-state index in [1.165, 1.54) is 0 Å². The highest BCUT2D eigenvalue weighted by molar-refractivity contribution is 5.82. The lowest BCUT2D eigenvalue weighted by Gasteiger charge is -1.96. The molecular weight excluding hydrogens is 220 g/mol. The first-order valence-electron chi connectivity index (χ1n) is 5.03. The van der Waals surface area contributed by atoms with Crippen molar-refractivity contribution in [1.82, 2.24) is 15.2 Å². The van der Waals surface area contributed by atoms with Crippen molar-refractivity contribution in [3.8, 4) is 17.3 Å². The van der Waals surface area contributed by atoms with Crippen LogP contribution in [-0.4, -0.2) is 22.3 Å². The van der Waals surface area contributed by atoms with Gasteiger partial charge >= 0.3 is 0 Å². The van der Waals surface area contributed by atoms with Crippen molar-refractivity contribution in [3.63, 3.8) is 0 Å². The van der Waals surface area contributed by atoms with Gasteiger partial charge in [-0.3, -0.25) is 5.10 Å². The zero-order valence-corrected chi connectivity index (χ0v) is 9.10. The number of aromatic nitrogens is 3. The van der Waals surface area contributed by atoms with Crippen LogP contribution in [0.25, 0.3) is 22.7 Å². The lowest BCUT2D eigenvalue weighted by atomic mass is 10.3. The van der Waals surface area contributed by atoms with Crippen molar-refractivity contribution in [2.24, 2.45) is 0 Å². The van der Waals surface area contributed by atoms with E-state index in [1.807, 2.05) is 18.2 Å². The summed E-state index contributed by atoms with van der Waals surface area (Å²) < 4.78 is 10.8. The van der Waals surface area contributed by atoms with E-state index < -0.39 is 0 Å². The summed E-state index contributed by atoms with van der Waals surface area (Å²) in [5, 5.41) is 6.58. The van der Waals surface area contributed by atoms with Crippen LogP contribution < -0.4 is 10.5 Å². The van der Waals surface area contributed by atoms with Crippen LogP contribution in [0.1, 0.15) is 0 Å². The molecule has 0 saturated heterocycles. The minimum absolute atomic E-state index is 0.397. The summed E-state index contributed by atoms with van der Waals surface area (Å²) in [7, 11) is 1.59. The van der Waals surface area contributed by atoms with E-state index in [1.54, 1.807) is 13.2 Å². The monoisotopic (exact) mass is 230 g/mol. The molecule has 0 atom stereocenters. The predicted octanol–water partition coefficient (Wildman–Crippen LogP) is 1.81. The molecule has 0 aliphatic heterocycles. The number of rotatable bonds is 2. The highest BCUT2D eigenvalue weighted by Crippen LogP contribution is 2.29. The van der Waals surface area contributed by atoms with Crippen LogP contribution in [0.2, 0.25) is 0 Å². The Bertz CT molecular complexity index is 671. The van der Waals surface area contributed by atoms with E-state index in [2.05, 4.69) is 15.2 Å². The first-order valence-corrected chi connectivity index (χ1v) is 5.03. The number of nitrogen functional groups attached to an aromatic ring is 1. The van der Waals surface area contributed by atoms with Crippen LogP contribution >= 0.6 is 0 Å². The van der Waals surface area contributed by atoms with Gasteiger partial charge in [0.15, 0.2) is 11.1 Å². The number of hydrogen-bond donors (Lipinski definition) is 2. The number of aromatic amines is 1. The average Bonchev–Trinajstić information content (AvgIpc) is 2.93. The van der Waals surface area contributed by atoms with Crippen molar-refractivity contribution in [3.05, 3.63) is 24.3 Å². The molecule has 86 valence electrons. The third kappa shape index (κ3) is 1.50. The van der Waals surface area contributed by atoms with Gasteiger partial charge in [-0.15, -0.1) is 0 Å². The van der Waals surface area contributed by atoms with Crippen molar-refractivity contribution in [2.45, 2.75) is 0 Å².